The van der Waals surface area contributed by atoms with Crippen molar-refractivity contribution in [2.24, 2.45) is 0 Å². The number of amides is 2. The van der Waals surface area contributed by atoms with Gasteiger partial charge >= 0.3 is 0 Å². The normalized spacial score (nSPS) is 10.3. The summed E-state index contributed by atoms with van der Waals surface area (Å²) in [6.45, 7) is 6.39. The van der Waals surface area contributed by atoms with E-state index >= 15 is 0 Å². The van der Waals surface area contributed by atoms with Crippen LogP contribution in [0, 0.1) is 13.8 Å². The topological polar surface area (TPSA) is 49.4 Å². The standard InChI is InChI=1S/C20H24N2O2/c1-15-7-6-9-18(13-15)14-21-20(24)11-12-22(17(3)23)19-10-5-4-8-16(19)2/h4-10,13H,11-12,14H2,1-3H3,(H,21,24). The van der Waals surface area contributed by atoms with Crippen LogP contribution < -0.4 is 10.2 Å². The number of hydrogen-bond acceptors (Lipinski definition) is 2. The maximum atomic E-state index is 12.1. The number of anilines is 1. The molecule has 0 atom stereocenters. The van der Waals surface area contributed by atoms with Gasteiger partial charge in [-0.3, -0.25) is 9.59 Å². The zero-order chi connectivity index (χ0) is 17.5. The number of para-hydroxylation sites is 1. The fourth-order valence-corrected chi connectivity index (χ4v) is 2.64. The highest BCUT2D eigenvalue weighted by molar-refractivity contribution is 5.93. The summed E-state index contributed by atoms with van der Waals surface area (Å²) in [6.07, 6.45) is 0.278. The van der Waals surface area contributed by atoms with E-state index in [9.17, 15) is 9.59 Å². The summed E-state index contributed by atoms with van der Waals surface area (Å²) in [4.78, 5) is 25.7. The largest absolute Gasteiger partial charge is 0.352 e. The summed E-state index contributed by atoms with van der Waals surface area (Å²) in [6, 6.07) is 15.7. The molecule has 0 aliphatic carbocycles. The molecule has 0 spiro atoms. The first-order valence-electron chi connectivity index (χ1n) is 8.13. The smallest absolute Gasteiger partial charge is 0.223 e. The van der Waals surface area contributed by atoms with E-state index in [1.165, 1.54) is 12.5 Å². The Labute approximate surface area is 143 Å². The van der Waals surface area contributed by atoms with Crippen molar-refractivity contribution in [2.75, 3.05) is 11.4 Å². The molecule has 2 aromatic carbocycles. The van der Waals surface area contributed by atoms with E-state index in [1.807, 2.05) is 56.3 Å². The molecule has 24 heavy (non-hydrogen) atoms. The van der Waals surface area contributed by atoms with Crippen LogP contribution in [-0.2, 0) is 16.1 Å². The Morgan fingerprint density at radius 2 is 1.79 bits per heavy atom. The van der Waals surface area contributed by atoms with Crippen LogP contribution in [0.25, 0.3) is 0 Å². The van der Waals surface area contributed by atoms with Gasteiger partial charge in [0, 0.05) is 32.1 Å². The van der Waals surface area contributed by atoms with E-state index in [4.69, 9.17) is 0 Å². The predicted molar refractivity (Wildman–Crippen MR) is 96.8 cm³/mol. The number of aryl methyl sites for hydroxylation is 2. The average molecular weight is 324 g/mol. The molecule has 0 fully saturated rings. The molecule has 0 aliphatic heterocycles. The van der Waals surface area contributed by atoms with Crippen molar-refractivity contribution in [3.05, 3.63) is 65.2 Å². The van der Waals surface area contributed by atoms with Gasteiger partial charge in [-0.15, -0.1) is 0 Å². The monoisotopic (exact) mass is 324 g/mol. The van der Waals surface area contributed by atoms with Crippen LogP contribution >= 0.6 is 0 Å². The number of nitrogens with one attached hydrogen (secondary N) is 1. The summed E-state index contributed by atoms with van der Waals surface area (Å²) in [5.74, 6) is -0.118. The fourth-order valence-electron chi connectivity index (χ4n) is 2.64. The highest BCUT2D eigenvalue weighted by Gasteiger charge is 2.14. The minimum absolute atomic E-state index is 0.0589. The van der Waals surface area contributed by atoms with E-state index in [-0.39, 0.29) is 18.2 Å². The second-order valence-corrected chi connectivity index (χ2v) is 5.97. The maximum absolute atomic E-state index is 12.1. The maximum Gasteiger partial charge on any atom is 0.223 e. The van der Waals surface area contributed by atoms with E-state index in [2.05, 4.69) is 11.4 Å². The van der Waals surface area contributed by atoms with Crippen molar-refractivity contribution >= 4 is 17.5 Å². The predicted octanol–water partition coefficient (Wildman–Crippen LogP) is 3.36. The highest BCUT2D eigenvalue weighted by atomic mass is 16.2. The summed E-state index contributed by atoms with van der Waals surface area (Å²) in [5, 5.41) is 2.91. The molecule has 0 radical (unpaired) electrons. The number of hydrogen-bond donors (Lipinski definition) is 1. The van der Waals surface area contributed by atoms with E-state index in [0.29, 0.717) is 13.1 Å². The summed E-state index contributed by atoms with van der Waals surface area (Å²) >= 11 is 0. The minimum atomic E-state index is -0.0595. The third-order valence-electron chi connectivity index (χ3n) is 3.92. The van der Waals surface area contributed by atoms with E-state index < -0.39 is 0 Å². The number of nitrogens with zero attached hydrogens (tertiary/aromatic N) is 1. The van der Waals surface area contributed by atoms with Crippen LogP contribution in [0.1, 0.15) is 30.0 Å². The van der Waals surface area contributed by atoms with Gasteiger partial charge in [0.2, 0.25) is 11.8 Å². The summed E-state index contributed by atoms with van der Waals surface area (Å²) in [5.41, 5.74) is 4.12. The first kappa shape index (κ1) is 17.7. The minimum Gasteiger partial charge on any atom is -0.352 e. The Kier molecular flexibility index (Phi) is 6.13. The van der Waals surface area contributed by atoms with Crippen LogP contribution in [0.2, 0.25) is 0 Å². The lowest BCUT2D eigenvalue weighted by Crippen LogP contribution is -2.34. The molecule has 4 nitrogen and oxygen atoms in total. The van der Waals surface area contributed by atoms with Crippen LogP contribution in [0.5, 0.6) is 0 Å². The molecular formula is C20H24N2O2. The van der Waals surface area contributed by atoms with Crippen LogP contribution in [-0.4, -0.2) is 18.4 Å². The summed E-state index contributed by atoms with van der Waals surface area (Å²) < 4.78 is 0. The zero-order valence-electron chi connectivity index (χ0n) is 14.5. The lowest BCUT2D eigenvalue weighted by molar-refractivity contribution is -0.121. The van der Waals surface area contributed by atoms with Gasteiger partial charge in [-0.2, -0.15) is 0 Å². The molecule has 2 rings (SSSR count). The number of carbonyl (C=O) groups is 2. The first-order valence-corrected chi connectivity index (χ1v) is 8.13. The SMILES string of the molecule is CC(=O)N(CCC(=O)NCc1cccc(C)c1)c1ccccc1C. The number of benzene rings is 2. The molecule has 0 heterocycles. The molecule has 0 saturated carbocycles. The Hall–Kier alpha value is -2.62. The van der Waals surface area contributed by atoms with Crippen molar-refractivity contribution in [1.29, 1.82) is 0 Å². The Morgan fingerprint density at radius 1 is 1.04 bits per heavy atom. The van der Waals surface area contributed by atoms with Gasteiger partial charge < -0.3 is 10.2 Å². The molecule has 1 N–H and O–H groups in total. The number of rotatable bonds is 6. The van der Waals surface area contributed by atoms with Crippen molar-refractivity contribution in [2.45, 2.75) is 33.7 Å². The molecule has 4 heteroatoms. The molecule has 0 bridgehead atoms. The molecule has 2 amide bonds. The van der Waals surface area contributed by atoms with Crippen LogP contribution in [0.15, 0.2) is 48.5 Å². The van der Waals surface area contributed by atoms with Gasteiger partial charge in [-0.05, 0) is 31.0 Å². The molecule has 0 unspecified atom stereocenters. The van der Waals surface area contributed by atoms with E-state index in [0.717, 1.165) is 16.8 Å². The second kappa shape index (κ2) is 8.29. The lowest BCUT2D eigenvalue weighted by atomic mass is 10.1. The van der Waals surface area contributed by atoms with Crippen LogP contribution in [0.4, 0.5) is 5.69 Å². The molecule has 0 aromatic heterocycles. The third-order valence-corrected chi connectivity index (χ3v) is 3.92. The second-order valence-electron chi connectivity index (χ2n) is 5.97. The van der Waals surface area contributed by atoms with Gasteiger partial charge in [0.15, 0.2) is 0 Å². The van der Waals surface area contributed by atoms with Crippen LogP contribution in [0.3, 0.4) is 0 Å². The quantitative estimate of drug-likeness (QED) is 0.886. The molecule has 0 saturated heterocycles. The first-order chi connectivity index (χ1) is 11.5. The third kappa shape index (κ3) is 4.95. The molecular weight excluding hydrogens is 300 g/mol. The van der Waals surface area contributed by atoms with E-state index in [1.54, 1.807) is 4.90 Å². The molecule has 126 valence electrons. The zero-order valence-corrected chi connectivity index (χ0v) is 14.5. The van der Waals surface area contributed by atoms with Crippen molar-refractivity contribution in [3.8, 4) is 0 Å². The fraction of sp³-hybridized carbons (Fsp3) is 0.300. The summed E-state index contributed by atoms with van der Waals surface area (Å²) in [7, 11) is 0. The van der Waals surface area contributed by atoms with Gasteiger partial charge in [0.25, 0.3) is 0 Å². The number of carbonyl (C=O) groups excluding carboxylic acids is 2. The lowest BCUT2D eigenvalue weighted by Gasteiger charge is -2.22. The van der Waals surface area contributed by atoms with Crippen molar-refractivity contribution < 1.29 is 9.59 Å². The van der Waals surface area contributed by atoms with Gasteiger partial charge in [-0.25, -0.2) is 0 Å². The van der Waals surface area contributed by atoms with Crippen molar-refractivity contribution in [1.82, 2.24) is 5.32 Å². The Morgan fingerprint density at radius 3 is 2.46 bits per heavy atom. The highest BCUT2D eigenvalue weighted by Crippen LogP contribution is 2.19. The van der Waals surface area contributed by atoms with Gasteiger partial charge in [-0.1, -0.05) is 48.0 Å². The molecule has 0 aliphatic rings. The Bertz CT molecular complexity index is 725. The van der Waals surface area contributed by atoms with Crippen molar-refractivity contribution in [3.63, 3.8) is 0 Å². The Balaban J connectivity index is 1.91. The van der Waals surface area contributed by atoms with Gasteiger partial charge in [0.1, 0.15) is 0 Å². The average Bonchev–Trinajstić information content (AvgIpc) is 2.54. The van der Waals surface area contributed by atoms with Gasteiger partial charge in [0.05, 0.1) is 0 Å². The molecule has 2 aromatic rings.